The number of hydrogen-bond acceptors (Lipinski definition) is 1. The van der Waals surface area contributed by atoms with Gasteiger partial charge in [-0.1, -0.05) is 11.6 Å². The molecule has 0 unspecified atom stereocenters. The SMILES string of the molecule is Cc1cc(N=C(N)CCl)cc(Cl)c1Br. The van der Waals surface area contributed by atoms with Crippen molar-refractivity contribution in [3.63, 3.8) is 0 Å². The van der Waals surface area contributed by atoms with Crippen LogP contribution in [0.2, 0.25) is 5.02 Å². The van der Waals surface area contributed by atoms with Gasteiger partial charge in [-0.15, -0.1) is 11.6 Å². The van der Waals surface area contributed by atoms with E-state index in [9.17, 15) is 0 Å². The molecule has 0 aliphatic carbocycles. The van der Waals surface area contributed by atoms with Crippen molar-refractivity contribution in [2.45, 2.75) is 6.92 Å². The number of nitrogens with two attached hydrogens (primary N) is 1. The zero-order valence-corrected chi connectivity index (χ0v) is 10.6. The number of hydrogen-bond donors (Lipinski definition) is 1. The van der Waals surface area contributed by atoms with Crippen LogP contribution < -0.4 is 5.73 Å². The summed E-state index contributed by atoms with van der Waals surface area (Å²) in [5.41, 5.74) is 7.24. The zero-order chi connectivity index (χ0) is 10.7. The molecule has 0 aromatic heterocycles. The predicted molar refractivity (Wildman–Crippen MR) is 65.9 cm³/mol. The number of aliphatic imine (C=N–C) groups is 1. The minimum Gasteiger partial charge on any atom is -0.386 e. The smallest absolute Gasteiger partial charge is 0.115 e. The fraction of sp³-hybridized carbons (Fsp3) is 0.222. The number of nitrogens with zero attached hydrogens (tertiary/aromatic N) is 1. The van der Waals surface area contributed by atoms with Crippen LogP contribution in [0.25, 0.3) is 0 Å². The maximum absolute atomic E-state index is 5.96. The molecule has 0 saturated carbocycles. The summed E-state index contributed by atoms with van der Waals surface area (Å²) in [5, 5.41) is 0.617. The molecular formula is C9H9BrCl2N2. The van der Waals surface area contributed by atoms with Crippen molar-refractivity contribution in [3.05, 3.63) is 27.2 Å². The van der Waals surface area contributed by atoms with E-state index >= 15 is 0 Å². The van der Waals surface area contributed by atoms with Crippen molar-refractivity contribution in [2.75, 3.05) is 5.88 Å². The van der Waals surface area contributed by atoms with Crippen LogP contribution in [0.3, 0.4) is 0 Å². The molecule has 0 radical (unpaired) electrons. The second kappa shape index (κ2) is 5.01. The van der Waals surface area contributed by atoms with Gasteiger partial charge >= 0.3 is 0 Å². The largest absolute Gasteiger partial charge is 0.386 e. The van der Waals surface area contributed by atoms with Gasteiger partial charge in [-0.25, -0.2) is 4.99 Å². The Morgan fingerprint density at radius 1 is 1.57 bits per heavy atom. The van der Waals surface area contributed by atoms with E-state index < -0.39 is 0 Å². The van der Waals surface area contributed by atoms with Crippen molar-refractivity contribution in [3.8, 4) is 0 Å². The monoisotopic (exact) mass is 294 g/mol. The molecule has 0 bridgehead atoms. The maximum Gasteiger partial charge on any atom is 0.115 e. The lowest BCUT2D eigenvalue weighted by molar-refractivity contribution is 1.38. The maximum atomic E-state index is 5.96. The predicted octanol–water partition coefficient (Wildman–Crippen LogP) is 3.64. The summed E-state index contributed by atoms with van der Waals surface area (Å²) in [6.45, 7) is 1.94. The summed E-state index contributed by atoms with van der Waals surface area (Å²) in [6.07, 6.45) is 0. The molecule has 0 amide bonds. The molecular weight excluding hydrogens is 287 g/mol. The molecule has 14 heavy (non-hydrogen) atoms. The Hall–Kier alpha value is -0.250. The van der Waals surface area contributed by atoms with Crippen molar-refractivity contribution in [2.24, 2.45) is 10.7 Å². The van der Waals surface area contributed by atoms with Gasteiger partial charge in [-0.05, 0) is 40.5 Å². The molecule has 0 spiro atoms. The van der Waals surface area contributed by atoms with E-state index in [1.54, 1.807) is 6.07 Å². The number of aryl methyl sites for hydroxylation is 1. The van der Waals surface area contributed by atoms with Gasteiger partial charge < -0.3 is 5.73 Å². The van der Waals surface area contributed by atoms with Crippen LogP contribution in [0.4, 0.5) is 5.69 Å². The van der Waals surface area contributed by atoms with E-state index in [1.165, 1.54) is 0 Å². The van der Waals surface area contributed by atoms with Gasteiger partial charge in [0.15, 0.2) is 0 Å². The third kappa shape index (κ3) is 2.87. The van der Waals surface area contributed by atoms with Crippen molar-refractivity contribution in [1.82, 2.24) is 0 Å². The lowest BCUT2D eigenvalue weighted by atomic mass is 10.2. The molecule has 0 aliphatic rings. The first-order valence-electron chi connectivity index (χ1n) is 3.89. The van der Waals surface area contributed by atoms with Gasteiger partial charge in [0.1, 0.15) is 5.84 Å². The quantitative estimate of drug-likeness (QED) is 0.505. The van der Waals surface area contributed by atoms with Gasteiger partial charge in [0.2, 0.25) is 0 Å². The van der Waals surface area contributed by atoms with Crippen LogP contribution in [0, 0.1) is 6.92 Å². The average Bonchev–Trinajstić information content (AvgIpc) is 2.14. The minimum atomic E-state index is 0.215. The van der Waals surface area contributed by atoms with Crippen LogP contribution >= 0.6 is 39.1 Å². The minimum absolute atomic E-state index is 0.215. The average molecular weight is 296 g/mol. The van der Waals surface area contributed by atoms with Gasteiger partial charge in [0.25, 0.3) is 0 Å². The summed E-state index contributed by atoms with van der Waals surface area (Å²) < 4.78 is 0.877. The highest BCUT2D eigenvalue weighted by molar-refractivity contribution is 9.10. The summed E-state index contributed by atoms with van der Waals surface area (Å²) in [6, 6.07) is 3.62. The van der Waals surface area contributed by atoms with Gasteiger partial charge in [0.05, 0.1) is 16.6 Å². The Bertz CT molecular complexity index is 354. The Kier molecular flexibility index (Phi) is 4.23. The number of amidine groups is 1. The Balaban J connectivity index is 3.13. The van der Waals surface area contributed by atoms with Crippen LogP contribution in [-0.2, 0) is 0 Å². The molecule has 2 nitrogen and oxygen atoms in total. The lowest BCUT2D eigenvalue weighted by Gasteiger charge is -2.03. The normalized spacial score (nSPS) is 11.9. The second-order valence-corrected chi connectivity index (χ2v) is 4.26. The molecule has 1 rings (SSSR count). The lowest BCUT2D eigenvalue weighted by Crippen LogP contribution is -2.12. The molecule has 76 valence electrons. The van der Waals surface area contributed by atoms with E-state index in [4.69, 9.17) is 28.9 Å². The zero-order valence-electron chi connectivity index (χ0n) is 7.52. The molecule has 0 saturated heterocycles. The van der Waals surface area contributed by atoms with E-state index in [-0.39, 0.29) is 5.88 Å². The summed E-state index contributed by atoms with van der Waals surface area (Å²) >= 11 is 14.8. The van der Waals surface area contributed by atoms with Gasteiger partial charge in [-0.3, -0.25) is 0 Å². The first-order valence-corrected chi connectivity index (χ1v) is 5.59. The third-order valence-electron chi connectivity index (χ3n) is 1.60. The fourth-order valence-corrected chi connectivity index (χ4v) is 1.52. The fourth-order valence-electron chi connectivity index (χ4n) is 0.969. The first kappa shape index (κ1) is 11.8. The molecule has 1 aromatic rings. The van der Waals surface area contributed by atoms with Crippen LogP contribution in [0.5, 0.6) is 0 Å². The summed E-state index contributed by atoms with van der Waals surface area (Å²) in [7, 11) is 0. The number of benzene rings is 1. The number of alkyl halides is 1. The molecule has 0 fully saturated rings. The van der Waals surface area contributed by atoms with Crippen molar-refractivity contribution in [1.29, 1.82) is 0 Å². The highest BCUT2D eigenvalue weighted by Gasteiger charge is 2.03. The van der Waals surface area contributed by atoms with E-state index in [0.29, 0.717) is 16.5 Å². The Labute approximate surface area is 101 Å². The number of rotatable bonds is 2. The molecule has 2 N–H and O–H groups in total. The van der Waals surface area contributed by atoms with Crippen LogP contribution in [0.15, 0.2) is 21.6 Å². The molecule has 0 heterocycles. The van der Waals surface area contributed by atoms with Crippen LogP contribution in [-0.4, -0.2) is 11.7 Å². The molecule has 0 aliphatic heterocycles. The molecule has 5 heteroatoms. The third-order valence-corrected chi connectivity index (χ3v) is 3.46. The molecule has 1 aromatic carbocycles. The summed E-state index contributed by atoms with van der Waals surface area (Å²) in [4.78, 5) is 4.10. The van der Waals surface area contributed by atoms with Gasteiger partial charge in [0, 0.05) is 4.47 Å². The van der Waals surface area contributed by atoms with E-state index in [1.807, 2.05) is 13.0 Å². The molecule has 0 atom stereocenters. The van der Waals surface area contributed by atoms with E-state index in [2.05, 4.69) is 20.9 Å². The standard InChI is InChI=1S/C9H9BrCl2N2/c1-5-2-6(14-8(13)4-11)3-7(12)9(5)10/h2-3H,4H2,1H3,(H2,13,14). The topological polar surface area (TPSA) is 38.4 Å². The Morgan fingerprint density at radius 3 is 2.71 bits per heavy atom. The summed E-state index contributed by atoms with van der Waals surface area (Å²) in [5.74, 6) is 0.594. The highest BCUT2D eigenvalue weighted by atomic mass is 79.9. The van der Waals surface area contributed by atoms with Crippen molar-refractivity contribution >= 4 is 50.7 Å². The van der Waals surface area contributed by atoms with Crippen LogP contribution in [0.1, 0.15) is 5.56 Å². The second-order valence-electron chi connectivity index (χ2n) is 2.80. The highest BCUT2D eigenvalue weighted by Crippen LogP contribution is 2.30. The first-order chi connectivity index (χ1) is 6.54. The van der Waals surface area contributed by atoms with Gasteiger partial charge in [-0.2, -0.15) is 0 Å². The number of halogens is 3. The van der Waals surface area contributed by atoms with Crippen molar-refractivity contribution < 1.29 is 0 Å². The van der Waals surface area contributed by atoms with E-state index in [0.717, 1.165) is 10.0 Å². The Morgan fingerprint density at radius 2 is 2.21 bits per heavy atom.